The Labute approximate surface area is 52.4 Å². The fraction of sp³-hybridized carbons (Fsp3) is 0. The van der Waals surface area contributed by atoms with Crippen LogP contribution >= 0.6 is 20.5 Å². The van der Waals surface area contributed by atoms with Gasteiger partial charge in [0, 0.05) is 17.6 Å². The molecule has 0 saturated carbocycles. The molecule has 0 spiro atoms. The van der Waals surface area contributed by atoms with Crippen molar-refractivity contribution in [3.8, 4) is 0 Å². The van der Waals surface area contributed by atoms with Crippen LogP contribution in [0.4, 0.5) is 0 Å². The van der Waals surface area contributed by atoms with Gasteiger partial charge in [0.15, 0.2) is 0 Å². The Morgan fingerprint density at radius 1 is 1.50 bits per heavy atom. The second-order valence-electron chi connectivity index (χ2n) is 0.322. The van der Waals surface area contributed by atoms with Gasteiger partial charge in [-0.25, -0.2) is 0 Å². The van der Waals surface area contributed by atoms with Gasteiger partial charge >= 0.3 is 8.60 Å². The van der Waals surface area contributed by atoms with E-state index in [2.05, 4.69) is 15.9 Å². The van der Waals surface area contributed by atoms with Crippen molar-refractivity contribution in [2.45, 2.75) is 0 Å². The van der Waals surface area contributed by atoms with E-state index in [0.717, 1.165) is 0 Å². The van der Waals surface area contributed by atoms with Crippen molar-refractivity contribution in [2.75, 3.05) is 0 Å². The summed E-state index contributed by atoms with van der Waals surface area (Å²) >= 11 is 4.37. The van der Waals surface area contributed by atoms with Crippen molar-refractivity contribution in [1.82, 2.24) is 0 Å². The molecule has 0 aliphatic heterocycles. The van der Waals surface area contributed by atoms with Crippen LogP contribution in [0, 0.1) is 0 Å². The molecule has 0 rings (SSSR count). The zero-order valence-electron chi connectivity index (χ0n) is 2.63. The number of hydrogen-bond acceptors (Lipinski definition) is 3. The molecule has 6 heavy (non-hydrogen) atoms. The summed E-state index contributed by atoms with van der Waals surface area (Å²) in [6, 6.07) is 0. The minimum absolute atomic E-state index is 0. The molecule has 0 amide bonds. The largest absolute Gasteiger partial charge is 0.344 e. The normalized spacial score (nSPS) is 8.00. The van der Waals surface area contributed by atoms with E-state index >= 15 is 0 Å². The zero-order chi connectivity index (χ0) is 4.28. The van der Waals surface area contributed by atoms with Crippen LogP contribution in [0.5, 0.6) is 0 Å². The van der Waals surface area contributed by atoms with E-state index < -0.39 is 8.60 Å². The molecule has 36 valence electrons. The first kappa shape index (κ1) is 10.2. The van der Waals surface area contributed by atoms with E-state index in [-0.39, 0.29) is 17.6 Å². The molecule has 0 bridgehead atoms. The van der Waals surface area contributed by atoms with Crippen molar-refractivity contribution in [1.29, 1.82) is 0 Å². The third-order valence-corrected chi connectivity index (χ3v) is 0.555. The molecule has 0 aromatic heterocycles. The molecule has 0 heterocycles. The van der Waals surface area contributed by atoms with Crippen LogP contribution < -0.4 is 0 Å². The fourth-order valence-corrected chi connectivity index (χ4v) is 0. The number of hydrogen-bond donors (Lipinski definition) is 2. The van der Waals surface area contributed by atoms with E-state index in [1.54, 1.807) is 0 Å². The molecule has 0 unspecified atom stereocenters. The molecule has 0 aliphatic carbocycles. The second kappa shape index (κ2) is 6.14. The SMILES string of the molecule is OP(O)OCl.[Ge]. The summed E-state index contributed by atoms with van der Waals surface area (Å²) in [6.07, 6.45) is 0. The smallest absolute Gasteiger partial charge is 0.327 e. The second-order valence-corrected chi connectivity index (χ2v) is 1.38. The Balaban J connectivity index is 0. The summed E-state index contributed by atoms with van der Waals surface area (Å²) < 4.78 is 3.40. The molecule has 0 saturated heterocycles. The molecule has 0 aliphatic rings. The summed E-state index contributed by atoms with van der Waals surface area (Å²) in [5, 5.41) is 0. The fourth-order valence-electron chi connectivity index (χ4n) is 0. The molecule has 3 nitrogen and oxygen atoms in total. The van der Waals surface area contributed by atoms with E-state index in [4.69, 9.17) is 9.79 Å². The van der Waals surface area contributed by atoms with Crippen LogP contribution in [0.1, 0.15) is 0 Å². The van der Waals surface area contributed by atoms with Gasteiger partial charge in [0.05, 0.1) is 11.9 Å². The van der Waals surface area contributed by atoms with E-state index in [0.29, 0.717) is 0 Å². The Hall–Kier alpha value is 1.14. The van der Waals surface area contributed by atoms with E-state index in [9.17, 15) is 0 Å². The average Bonchev–Trinajstić information content (AvgIpc) is 1.38. The first-order valence-electron chi connectivity index (χ1n) is 0.737. The molecule has 0 aromatic rings. The van der Waals surface area contributed by atoms with Crippen molar-refractivity contribution < 1.29 is 13.9 Å². The van der Waals surface area contributed by atoms with Gasteiger partial charge < -0.3 is 9.79 Å². The molecule has 0 fully saturated rings. The van der Waals surface area contributed by atoms with E-state index in [1.807, 2.05) is 0 Å². The van der Waals surface area contributed by atoms with Gasteiger partial charge in [-0.2, -0.15) is 4.08 Å². The monoisotopic (exact) mass is 190 g/mol. The molecule has 0 atom stereocenters. The van der Waals surface area contributed by atoms with Crippen LogP contribution in [0.25, 0.3) is 0 Å². The van der Waals surface area contributed by atoms with Gasteiger partial charge in [-0.05, 0) is 0 Å². The summed E-state index contributed by atoms with van der Waals surface area (Å²) in [4.78, 5) is 15.3. The maximum absolute atomic E-state index is 7.63. The van der Waals surface area contributed by atoms with Gasteiger partial charge in [-0.15, -0.1) is 0 Å². The molecule has 2 N–H and O–H groups in total. The van der Waals surface area contributed by atoms with Gasteiger partial charge in [0.25, 0.3) is 0 Å². The topological polar surface area (TPSA) is 49.7 Å². The number of halogens is 1. The predicted molar refractivity (Wildman–Crippen MR) is 24.0 cm³/mol. The quantitative estimate of drug-likeness (QED) is 0.450. The van der Waals surface area contributed by atoms with Crippen molar-refractivity contribution in [3.63, 3.8) is 0 Å². The van der Waals surface area contributed by atoms with Gasteiger partial charge in [0.2, 0.25) is 0 Å². The van der Waals surface area contributed by atoms with Crippen LogP contribution in [0.2, 0.25) is 0 Å². The first-order valence-corrected chi connectivity index (χ1v) is 2.21. The minimum atomic E-state index is -2.33. The maximum atomic E-state index is 7.63. The van der Waals surface area contributed by atoms with Crippen LogP contribution in [0.3, 0.4) is 0 Å². The third kappa shape index (κ3) is 8.94. The Morgan fingerprint density at radius 2 is 1.67 bits per heavy atom. The Bertz CT molecular complexity index is 24.8. The minimum Gasteiger partial charge on any atom is -0.327 e. The van der Waals surface area contributed by atoms with Gasteiger partial charge in [0.1, 0.15) is 0 Å². The third-order valence-electron chi connectivity index (χ3n) is 0.0617. The summed E-state index contributed by atoms with van der Waals surface area (Å²) in [5.41, 5.74) is 0. The van der Waals surface area contributed by atoms with Crippen molar-refractivity contribution in [2.24, 2.45) is 0 Å². The summed E-state index contributed by atoms with van der Waals surface area (Å²) in [5.74, 6) is 0. The molecule has 6 heteroatoms. The van der Waals surface area contributed by atoms with Gasteiger partial charge in [-0.3, -0.25) is 0 Å². The summed E-state index contributed by atoms with van der Waals surface area (Å²) in [6.45, 7) is 0. The maximum Gasteiger partial charge on any atom is 0.344 e. The average molecular weight is 189 g/mol. The molecular formula is H2ClGeO3P. The van der Waals surface area contributed by atoms with Gasteiger partial charge in [-0.1, -0.05) is 0 Å². The zero-order valence-corrected chi connectivity index (χ0v) is 6.38. The predicted octanol–water partition coefficient (Wildman–Crippen LogP) is -0.0125. The van der Waals surface area contributed by atoms with Crippen LogP contribution in [-0.2, 0) is 4.08 Å². The standard InChI is InChI=1S/ClH2O3P.Ge/c1-4-5(2)3;/h2-3H;. The van der Waals surface area contributed by atoms with Crippen molar-refractivity contribution >= 4 is 38.1 Å². The summed E-state index contributed by atoms with van der Waals surface area (Å²) in [7, 11) is -2.33. The van der Waals surface area contributed by atoms with Crippen LogP contribution in [-0.4, -0.2) is 27.4 Å². The Morgan fingerprint density at radius 3 is 1.67 bits per heavy atom. The van der Waals surface area contributed by atoms with E-state index in [1.165, 1.54) is 0 Å². The van der Waals surface area contributed by atoms with Crippen LogP contribution in [0.15, 0.2) is 0 Å². The molecule has 0 aromatic carbocycles. The number of rotatable bonds is 1. The molecular weight excluding hydrogens is 187 g/mol. The first-order chi connectivity index (χ1) is 2.27. The Kier molecular flexibility index (Phi) is 10.4. The van der Waals surface area contributed by atoms with Crippen molar-refractivity contribution in [3.05, 3.63) is 0 Å². The molecule has 4 radical (unpaired) electrons.